The molecule has 1 atom stereocenters. The normalized spacial score (nSPS) is 20.8. The van der Waals surface area contributed by atoms with Crippen molar-refractivity contribution in [2.75, 3.05) is 32.1 Å². The van der Waals surface area contributed by atoms with Crippen LogP contribution in [0.1, 0.15) is 12.1 Å². The van der Waals surface area contributed by atoms with Crippen LogP contribution >= 0.6 is 11.6 Å². The Morgan fingerprint density at radius 2 is 2.25 bits per heavy atom. The molecule has 0 amide bonds. The molecule has 4 nitrogen and oxygen atoms in total. The lowest BCUT2D eigenvalue weighted by atomic mass is 10.2. The average molecular weight is 241 g/mol. The van der Waals surface area contributed by atoms with Gasteiger partial charge in [-0.25, -0.2) is 0 Å². The van der Waals surface area contributed by atoms with Crippen molar-refractivity contribution in [3.63, 3.8) is 0 Å². The van der Waals surface area contributed by atoms with Crippen LogP contribution < -0.4 is 4.90 Å². The van der Waals surface area contributed by atoms with Crippen molar-refractivity contribution < 1.29 is 0 Å². The lowest BCUT2D eigenvalue weighted by Gasteiger charge is -2.20. The van der Waals surface area contributed by atoms with Gasteiger partial charge in [0.25, 0.3) is 0 Å². The maximum Gasteiger partial charge on any atom is 0.151 e. The summed E-state index contributed by atoms with van der Waals surface area (Å²) in [5.74, 6) is 1.38. The fraction of sp³-hybridized carbons (Fsp3) is 0.636. The van der Waals surface area contributed by atoms with E-state index in [9.17, 15) is 0 Å². The molecular formula is C11H17ClN4. The summed E-state index contributed by atoms with van der Waals surface area (Å²) in [5, 5.41) is 8.27. The van der Waals surface area contributed by atoms with E-state index in [1.54, 1.807) is 0 Å². The molecule has 0 aromatic carbocycles. The van der Waals surface area contributed by atoms with Crippen molar-refractivity contribution in [2.24, 2.45) is 0 Å². The molecule has 2 rings (SSSR count). The maximum atomic E-state index is 5.68. The summed E-state index contributed by atoms with van der Waals surface area (Å²) in [7, 11) is 4.24. The Morgan fingerprint density at radius 1 is 1.44 bits per heavy atom. The molecule has 0 bridgehead atoms. The van der Waals surface area contributed by atoms with Gasteiger partial charge in [0.05, 0.1) is 11.6 Å². The highest BCUT2D eigenvalue weighted by Crippen LogP contribution is 2.19. The molecule has 0 radical (unpaired) electrons. The Kier molecular flexibility index (Phi) is 3.61. The highest BCUT2D eigenvalue weighted by atomic mass is 35.5. The number of alkyl halides is 1. The standard InChI is InChI=1S/C11H17ClN4/c1-15(2)10-5-6-16(8-10)11-4-3-9(7-12)13-14-11/h3-4,10H,5-8H2,1-2H3. The molecular weight excluding hydrogens is 224 g/mol. The number of anilines is 1. The third kappa shape index (κ3) is 2.44. The molecule has 88 valence electrons. The summed E-state index contributed by atoms with van der Waals surface area (Å²) in [6.45, 7) is 2.08. The molecule has 0 aliphatic carbocycles. The second kappa shape index (κ2) is 4.97. The van der Waals surface area contributed by atoms with Gasteiger partial charge in [0.1, 0.15) is 0 Å². The average Bonchev–Trinajstić information content (AvgIpc) is 2.78. The number of nitrogens with zero attached hydrogens (tertiary/aromatic N) is 4. The van der Waals surface area contributed by atoms with Crippen LogP contribution in [0.15, 0.2) is 12.1 Å². The van der Waals surface area contributed by atoms with E-state index in [0.717, 1.165) is 24.6 Å². The van der Waals surface area contributed by atoms with Crippen molar-refractivity contribution in [3.05, 3.63) is 17.8 Å². The van der Waals surface area contributed by atoms with Gasteiger partial charge in [-0.05, 0) is 32.6 Å². The summed E-state index contributed by atoms with van der Waals surface area (Å²) in [5.41, 5.74) is 0.828. The van der Waals surface area contributed by atoms with E-state index >= 15 is 0 Å². The Bertz CT molecular complexity index is 338. The maximum absolute atomic E-state index is 5.68. The molecule has 2 heterocycles. The van der Waals surface area contributed by atoms with Crippen LogP contribution in [0.4, 0.5) is 5.82 Å². The Hall–Kier alpha value is -0.870. The minimum atomic E-state index is 0.424. The van der Waals surface area contributed by atoms with Gasteiger partial charge in [-0.3, -0.25) is 0 Å². The summed E-state index contributed by atoms with van der Waals surface area (Å²) < 4.78 is 0. The van der Waals surface area contributed by atoms with Gasteiger partial charge in [0.15, 0.2) is 5.82 Å². The third-order valence-electron chi connectivity index (χ3n) is 3.06. The van der Waals surface area contributed by atoms with Crippen molar-refractivity contribution >= 4 is 17.4 Å². The Labute approximate surface area is 101 Å². The summed E-state index contributed by atoms with van der Waals surface area (Å²) in [6.07, 6.45) is 1.19. The minimum Gasteiger partial charge on any atom is -0.354 e. The number of likely N-dealkylation sites (N-methyl/N-ethyl adjacent to an activating group) is 1. The first-order chi connectivity index (χ1) is 7.70. The van der Waals surface area contributed by atoms with E-state index in [1.165, 1.54) is 6.42 Å². The van der Waals surface area contributed by atoms with Crippen LogP contribution in [0.5, 0.6) is 0 Å². The molecule has 0 spiro atoms. The highest BCUT2D eigenvalue weighted by molar-refractivity contribution is 6.16. The number of halogens is 1. The third-order valence-corrected chi connectivity index (χ3v) is 3.33. The smallest absolute Gasteiger partial charge is 0.151 e. The molecule has 16 heavy (non-hydrogen) atoms. The van der Waals surface area contributed by atoms with Crippen LogP contribution in [-0.4, -0.2) is 48.3 Å². The molecule has 1 aliphatic heterocycles. The topological polar surface area (TPSA) is 32.3 Å². The van der Waals surface area contributed by atoms with E-state index in [4.69, 9.17) is 11.6 Å². The quantitative estimate of drug-likeness (QED) is 0.747. The van der Waals surface area contributed by atoms with Gasteiger partial charge >= 0.3 is 0 Å². The van der Waals surface area contributed by atoms with E-state index < -0.39 is 0 Å². The van der Waals surface area contributed by atoms with Gasteiger partial charge in [-0.15, -0.1) is 16.7 Å². The number of hydrogen-bond acceptors (Lipinski definition) is 4. The summed E-state index contributed by atoms with van der Waals surface area (Å²) >= 11 is 5.68. The molecule has 1 aromatic rings. The van der Waals surface area contributed by atoms with E-state index in [2.05, 4.69) is 34.1 Å². The van der Waals surface area contributed by atoms with Gasteiger partial charge in [0, 0.05) is 19.1 Å². The fourth-order valence-corrected chi connectivity index (χ4v) is 2.11. The lowest BCUT2D eigenvalue weighted by molar-refractivity contribution is 0.315. The van der Waals surface area contributed by atoms with Crippen LogP contribution in [0, 0.1) is 0 Å². The largest absolute Gasteiger partial charge is 0.354 e. The molecule has 1 aromatic heterocycles. The van der Waals surface area contributed by atoms with Crippen molar-refractivity contribution in [2.45, 2.75) is 18.3 Å². The SMILES string of the molecule is CN(C)C1CCN(c2ccc(CCl)nn2)C1. The number of hydrogen-bond donors (Lipinski definition) is 0. The Morgan fingerprint density at radius 3 is 2.75 bits per heavy atom. The Balaban J connectivity index is 2.03. The predicted octanol–water partition coefficient (Wildman–Crippen LogP) is 1.36. The molecule has 0 saturated carbocycles. The zero-order valence-corrected chi connectivity index (χ0v) is 10.5. The van der Waals surface area contributed by atoms with Crippen molar-refractivity contribution in [1.29, 1.82) is 0 Å². The first-order valence-electron chi connectivity index (χ1n) is 5.50. The summed E-state index contributed by atoms with van der Waals surface area (Å²) in [6, 6.07) is 4.57. The minimum absolute atomic E-state index is 0.424. The second-order valence-electron chi connectivity index (χ2n) is 4.37. The second-order valence-corrected chi connectivity index (χ2v) is 4.64. The van der Waals surface area contributed by atoms with Crippen LogP contribution in [0.2, 0.25) is 0 Å². The van der Waals surface area contributed by atoms with Gasteiger partial charge in [0.2, 0.25) is 0 Å². The number of aromatic nitrogens is 2. The van der Waals surface area contributed by atoms with E-state index in [1.807, 2.05) is 12.1 Å². The number of rotatable bonds is 3. The van der Waals surface area contributed by atoms with Gasteiger partial charge < -0.3 is 9.80 Å². The first kappa shape index (κ1) is 11.6. The zero-order valence-electron chi connectivity index (χ0n) is 9.73. The first-order valence-corrected chi connectivity index (χ1v) is 6.04. The van der Waals surface area contributed by atoms with Crippen molar-refractivity contribution in [3.8, 4) is 0 Å². The highest BCUT2D eigenvalue weighted by Gasteiger charge is 2.24. The van der Waals surface area contributed by atoms with Crippen LogP contribution in [0.25, 0.3) is 0 Å². The lowest BCUT2D eigenvalue weighted by Crippen LogP contribution is -2.31. The van der Waals surface area contributed by atoms with E-state index in [-0.39, 0.29) is 0 Å². The van der Waals surface area contributed by atoms with Crippen LogP contribution in [-0.2, 0) is 5.88 Å². The predicted molar refractivity (Wildman–Crippen MR) is 65.9 cm³/mol. The van der Waals surface area contributed by atoms with E-state index in [0.29, 0.717) is 11.9 Å². The summed E-state index contributed by atoms with van der Waals surface area (Å²) in [4.78, 5) is 4.54. The molecule has 0 N–H and O–H groups in total. The van der Waals surface area contributed by atoms with Crippen LogP contribution in [0.3, 0.4) is 0 Å². The zero-order chi connectivity index (χ0) is 11.5. The fourth-order valence-electron chi connectivity index (χ4n) is 1.96. The monoisotopic (exact) mass is 240 g/mol. The molecule has 1 saturated heterocycles. The molecule has 5 heteroatoms. The molecule has 1 unspecified atom stereocenters. The van der Waals surface area contributed by atoms with Gasteiger partial charge in [-0.2, -0.15) is 5.10 Å². The molecule has 1 aliphatic rings. The van der Waals surface area contributed by atoms with Crippen molar-refractivity contribution in [1.82, 2.24) is 15.1 Å². The molecule has 1 fully saturated rings. The van der Waals surface area contributed by atoms with Gasteiger partial charge in [-0.1, -0.05) is 0 Å².